The number of esters is 1. The van der Waals surface area contributed by atoms with Gasteiger partial charge in [0.15, 0.2) is 12.7 Å². The topological polar surface area (TPSA) is 105 Å². The third-order valence-corrected chi connectivity index (χ3v) is 5.04. The number of para-hydroxylation sites is 4. The van der Waals surface area contributed by atoms with Crippen molar-refractivity contribution in [2.45, 2.75) is 19.4 Å². The highest BCUT2D eigenvalue weighted by Gasteiger charge is 2.32. The van der Waals surface area contributed by atoms with Crippen LogP contribution in [0.2, 0.25) is 0 Å². The predicted octanol–water partition coefficient (Wildman–Crippen LogP) is 1.72. The summed E-state index contributed by atoms with van der Waals surface area (Å²) >= 11 is 0. The lowest BCUT2D eigenvalue weighted by atomic mass is 10.1. The van der Waals surface area contributed by atoms with Gasteiger partial charge in [-0.2, -0.15) is 0 Å². The highest BCUT2D eigenvalue weighted by atomic mass is 16.5. The van der Waals surface area contributed by atoms with Gasteiger partial charge in [-0.15, -0.1) is 0 Å². The largest absolute Gasteiger partial charge is 0.482 e. The van der Waals surface area contributed by atoms with Crippen molar-refractivity contribution in [2.75, 3.05) is 34.8 Å². The average Bonchev–Trinajstić information content (AvgIpc) is 2.77. The zero-order chi connectivity index (χ0) is 22.0. The number of fused-ring (bicyclic) bond motifs is 2. The number of hydrogen-bond acceptors (Lipinski definition) is 6. The van der Waals surface area contributed by atoms with E-state index in [2.05, 4.69) is 5.32 Å². The van der Waals surface area contributed by atoms with Crippen LogP contribution in [0.25, 0.3) is 0 Å². The first-order valence-corrected chi connectivity index (χ1v) is 9.86. The summed E-state index contributed by atoms with van der Waals surface area (Å²) in [6.45, 7) is 1.31. The van der Waals surface area contributed by atoms with Crippen LogP contribution in [-0.2, 0) is 23.9 Å². The fourth-order valence-corrected chi connectivity index (χ4v) is 3.56. The molecule has 0 bridgehead atoms. The molecule has 2 heterocycles. The molecule has 0 radical (unpaired) electrons. The second-order valence-electron chi connectivity index (χ2n) is 7.17. The first-order chi connectivity index (χ1) is 14.9. The zero-order valence-electron chi connectivity index (χ0n) is 16.9. The third kappa shape index (κ3) is 4.20. The molecule has 0 aliphatic carbocycles. The molecule has 9 nitrogen and oxygen atoms in total. The maximum Gasteiger partial charge on any atom is 0.308 e. The van der Waals surface area contributed by atoms with Gasteiger partial charge in [0.25, 0.3) is 11.8 Å². The summed E-state index contributed by atoms with van der Waals surface area (Å²) in [5, 5.41) is 2.71. The average molecular weight is 423 g/mol. The molecule has 1 N–H and O–H groups in total. The molecule has 1 atom stereocenters. The normalized spacial score (nSPS) is 15.9. The van der Waals surface area contributed by atoms with Crippen LogP contribution in [0.1, 0.15) is 13.3 Å². The fraction of sp³-hybridized carbons (Fsp3) is 0.273. The number of nitrogens with one attached hydrogen (secondary N) is 1. The van der Waals surface area contributed by atoms with Gasteiger partial charge in [0, 0.05) is 6.54 Å². The lowest BCUT2D eigenvalue weighted by Gasteiger charge is -2.31. The van der Waals surface area contributed by atoms with Gasteiger partial charge in [0.1, 0.15) is 12.3 Å². The summed E-state index contributed by atoms with van der Waals surface area (Å²) in [6.07, 6.45) is -1.17. The van der Waals surface area contributed by atoms with Crippen molar-refractivity contribution in [3.63, 3.8) is 0 Å². The van der Waals surface area contributed by atoms with Gasteiger partial charge in [-0.3, -0.25) is 24.1 Å². The van der Waals surface area contributed by atoms with Crippen molar-refractivity contribution in [2.24, 2.45) is 0 Å². The molecule has 4 rings (SSSR count). The van der Waals surface area contributed by atoms with E-state index in [-0.39, 0.29) is 37.9 Å². The first-order valence-electron chi connectivity index (χ1n) is 9.86. The molecular weight excluding hydrogens is 402 g/mol. The molecular formula is C22H21N3O6. The van der Waals surface area contributed by atoms with E-state index < -0.39 is 18.0 Å². The van der Waals surface area contributed by atoms with Crippen LogP contribution in [0.5, 0.6) is 5.75 Å². The number of hydrogen-bond donors (Lipinski definition) is 1. The van der Waals surface area contributed by atoms with E-state index in [1.807, 2.05) is 0 Å². The smallest absolute Gasteiger partial charge is 0.308 e. The second-order valence-corrected chi connectivity index (χ2v) is 7.17. The van der Waals surface area contributed by atoms with Crippen LogP contribution in [0.15, 0.2) is 48.5 Å². The minimum atomic E-state index is -1.08. The summed E-state index contributed by atoms with van der Waals surface area (Å²) in [7, 11) is 0. The maximum absolute atomic E-state index is 12.9. The lowest BCUT2D eigenvalue weighted by molar-refractivity contribution is -0.153. The number of carbonyl (C=O) groups excluding carboxylic acids is 4. The number of benzene rings is 2. The van der Waals surface area contributed by atoms with Gasteiger partial charge >= 0.3 is 5.97 Å². The Morgan fingerprint density at radius 1 is 1.10 bits per heavy atom. The first kappa shape index (κ1) is 20.4. The van der Waals surface area contributed by atoms with E-state index in [4.69, 9.17) is 9.47 Å². The van der Waals surface area contributed by atoms with Crippen LogP contribution in [-0.4, -0.2) is 49.5 Å². The molecule has 31 heavy (non-hydrogen) atoms. The Morgan fingerprint density at radius 3 is 2.61 bits per heavy atom. The van der Waals surface area contributed by atoms with Crippen LogP contribution in [0.4, 0.5) is 17.1 Å². The van der Waals surface area contributed by atoms with Gasteiger partial charge in [0.2, 0.25) is 5.91 Å². The molecule has 2 aliphatic heterocycles. The monoisotopic (exact) mass is 423 g/mol. The molecule has 0 spiro atoms. The standard InChI is InChI=1S/C22H21N3O6/c1-14(22(29)25-12-19(26)23-15-6-2-3-7-16(15)25)31-21(28)10-11-24-17-8-4-5-9-18(17)30-13-20(24)27/h2-9,14H,10-13H2,1H3,(H,23,26)/t14-/m1/s1. The Balaban J connectivity index is 1.38. The van der Waals surface area contributed by atoms with Crippen molar-refractivity contribution in [3.05, 3.63) is 48.5 Å². The Hall–Kier alpha value is -3.88. The van der Waals surface area contributed by atoms with Gasteiger partial charge in [0.05, 0.1) is 23.5 Å². The van der Waals surface area contributed by atoms with Crippen molar-refractivity contribution in [3.8, 4) is 5.75 Å². The minimum Gasteiger partial charge on any atom is -0.482 e. The summed E-state index contributed by atoms with van der Waals surface area (Å²) < 4.78 is 10.7. The molecule has 0 fully saturated rings. The predicted molar refractivity (Wildman–Crippen MR) is 112 cm³/mol. The van der Waals surface area contributed by atoms with Crippen LogP contribution >= 0.6 is 0 Å². The number of amides is 3. The Morgan fingerprint density at radius 2 is 1.81 bits per heavy atom. The van der Waals surface area contributed by atoms with E-state index in [0.29, 0.717) is 22.8 Å². The van der Waals surface area contributed by atoms with Crippen LogP contribution in [0.3, 0.4) is 0 Å². The molecule has 2 aromatic carbocycles. The third-order valence-electron chi connectivity index (χ3n) is 5.04. The van der Waals surface area contributed by atoms with Crippen LogP contribution < -0.4 is 19.9 Å². The van der Waals surface area contributed by atoms with Crippen molar-refractivity contribution in [1.29, 1.82) is 0 Å². The molecule has 0 saturated carbocycles. The summed E-state index contributed by atoms with van der Waals surface area (Å²) in [5.74, 6) is -1.13. The van der Waals surface area contributed by atoms with Gasteiger partial charge < -0.3 is 19.7 Å². The van der Waals surface area contributed by atoms with E-state index in [1.54, 1.807) is 48.5 Å². The van der Waals surface area contributed by atoms with E-state index in [0.717, 1.165) is 0 Å². The van der Waals surface area contributed by atoms with Crippen molar-refractivity contribution in [1.82, 2.24) is 0 Å². The molecule has 2 aromatic rings. The molecule has 3 amide bonds. The molecule has 0 saturated heterocycles. The quantitative estimate of drug-likeness (QED) is 0.735. The number of rotatable bonds is 5. The molecule has 9 heteroatoms. The molecule has 0 unspecified atom stereocenters. The number of nitrogens with zero attached hydrogens (tertiary/aromatic N) is 2. The molecule has 2 aliphatic rings. The number of anilines is 3. The van der Waals surface area contributed by atoms with Gasteiger partial charge in [-0.25, -0.2) is 0 Å². The minimum absolute atomic E-state index is 0.0885. The molecule has 0 aromatic heterocycles. The zero-order valence-corrected chi connectivity index (χ0v) is 16.9. The molecule has 160 valence electrons. The van der Waals surface area contributed by atoms with Crippen LogP contribution in [0, 0.1) is 0 Å². The fourth-order valence-electron chi connectivity index (χ4n) is 3.56. The SMILES string of the molecule is C[C@@H](OC(=O)CCN1C(=O)COc2ccccc21)C(=O)N1CC(=O)Nc2ccccc21. The highest BCUT2D eigenvalue weighted by Crippen LogP contribution is 2.32. The Kier molecular flexibility index (Phi) is 5.57. The van der Waals surface area contributed by atoms with Crippen molar-refractivity contribution < 1.29 is 28.7 Å². The van der Waals surface area contributed by atoms with Gasteiger partial charge in [-0.1, -0.05) is 24.3 Å². The summed E-state index contributed by atoms with van der Waals surface area (Å²) in [5.41, 5.74) is 1.66. The Bertz CT molecular complexity index is 1050. The number of carbonyl (C=O) groups is 4. The highest BCUT2D eigenvalue weighted by molar-refractivity contribution is 6.11. The van der Waals surface area contributed by atoms with E-state index in [1.165, 1.54) is 16.7 Å². The maximum atomic E-state index is 12.9. The Labute approximate surface area is 178 Å². The van der Waals surface area contributed by atoms with E-state index >= 15 is 0 Å². The van der Waals surface area contributed by atoms with Gasteiger partial charge in [-0.05, 0) is 31.2 Å². The second kappa shape index (κ2) is 8.47. The number of ether oxygens (including phenoxy) is 2. The summed E-state index contributed by atoms with van der Waals surface area (Å²) in [6, 6.07) is 14.0. The van der Waals surface area contributed by atoms with E-state index in [9.17, 15) is 19.2 Å². The van der Waals surface area contributed by atoms with Crippen molar-refractivity contribution >= 4 is 40.8 Å². The lowest BCUT2D eigenvalue weighted by Crippen LogP contribution is -2.47. The summed E-state index contributed by atoms with van der Waals surface area (Å²) in [4.78, 5) is 52.1.